The highest BCUT2D eigenvalue weighted by Gasteiger charge is 2.36. The fourth-order valence-corrected chi connectivity index (χ4v) is 4.93. The molecule has 1 fully saturated rings. The Labute approximate surface area is 233 Å². The number of benzene rings is 3. The van der Waals surface area contributed by atoms with E-state index in [2.05, 4.69) is 10.3 Å². The van der Waals surface area contributed by atoms with Crippen molar-refractivity contribution < 1.29 is 27.5 Å². The number of carbonyl (C=O) groups excluding carboxylic acids is 2. The van der Waals surface area contributed by atoms with E-state index in [1.165, 1.54) is 17.0 Å². The molecule has 1 aliphatic rings. The largest absolute Gasteiger partial charge is 0.494 e. The molecule has 0 aliphatic carbocycles. The van der Waals surface area contributed by atoms with Crippen LogP contribution in [0.25, 0.3) is 0 Å². The summed E-state index contributed by atoms with van der Waals surface area (Å²) < 4.78 is 45.4. The van der Waals surface area contributed by atoms with Gasteiger partial charge < -0.3 is 10.1 Å². The SMILES string of the molecule is CCCOc1ccc(NC(=O)C2CC(=O)N(Cc3ccc(Cl)cc3)C(=Nc3cccc(C(F)(F)F)c3)S2)cc1. The molecule has 0 aromatic heterocycles. The van der Waals surface area contributed by atoms with E-state index in [1.54, 1.807) is 48.5 Å². The molecule has 1 N–H and O–H groups in total. The Morgan fingerprint density at radius 3 is 2.51 bits per heavy atom. The maximum Gasteiger partial charge on any atom is 0.416 e. The highest BCUT2D eigenvalue weighted by atomic mass is 35.5. The fourth-order valence-electron chi connectivity index (χ4n) is 3.71. The van der Waals surface area contributed by atoms with E-state index < -0.39 is 22.9 Å². The molecule has 0 radical (unpaired) electrons. The van der Waals surface area contributed by atoms with Crippen molar-refractivity contribution in [2.75, 3.05) is 11.9 Å². The number of hydrogen-bond acceptors (Lipinski definition) is 5. The van der Waals surface area contributed by atoms with Crippen LogP contribution in [0.1, 0.15) is 30.9 Å². The van der Waals surface area contributed by atoms with Gasteiger partial charge >= 0.3 is 6.18 Å². The Morgan fingerprint density at radius 1 is 1.13 bits per heavy atom. The van der Waals surface area contributed by atoms with Gasteiger partial charge in [0.25, 0.3) is 0 Å². The highest BCUT2D eigenvalue weighted by Crippen LogP contribution is 2.34. The van der Waals surface area contributed by atoms with Crippen molar-refractivity contribution in [1.29, 1.82) is 0 Å². The van der Waals surface area contributed by atoms with Crippen molar-refractivity contribution in [3.63, 3.8) is 0 Å². The Bertz CT molecular complexity index is 1350. The van der Waals surface area contributed by atoms with E-state index in [9.17, 15) is 22.8 Å². The van der Waals surface area contributed by atoms with Crippen LogP contribution in [0, 0.1) is 0 Å². The molecule has 0 saturated carbocycles. The van der Waals surface area contributed by atoms with E-state index in [1.807, 2.05) is 6.92 Å². The molecule has 39 heavy (non-hydrogen) atoms. The normalized spacial score (nSPS) is 16.8. The minimum absolute atomic E-state index is 0.0185. The van der Waals surface area contributed by atoms with Crippen LogP contribution in [0.4, 0.5) is 24.5 Å². The number of aliphatic imine (C=N–C) groups is 1. The molecule has 1 saturated heterocycles. The number of hydrogen-bond donors (Lipinski definition) is 1. The molecule has 1 aliphatic heterocycles. The predicted molar refractivity (Wildman–Crippen MR) is 147 cm³/mol. The topological polar surface area (TPSA) is 71.0 Å². The molecule has 0 spiro atoms. The lowest BCUT2D eigenvalue weighted by Gasteiger charge is -2.32. The summed E-state index contributed by atoms with van der Waals surface area (Å²) in [4.78, 5) is 32.1. The van der Waals surface area contributed by atoms with Crippen molar-refractivity contribution in [3.05, 3.63) is 88.9 Å². The first-order valence-electron chi connectivity index (χ1n) is 12.1. The molecule has 3 aromatic rings. The summed E-state index contributed by atoms with van der Waals surface area (Å²) in [5, 5.41) is 2.62. The van der Waals surface area contributed by atoms with Crippen LogP contribution in [0.15, 0.2) is 77.8 Å². The number of carbonyl (C=O) groups is 2. The van der Waals surface area contributed by atoms with Gasteiger partial charge in [0.1, 0.15) is 11.0 Å². The number of thioether (sulfide) groups is 1. The lowest BCUT2D eigenvalue weighted by Crippen LogP contribution is -2.44. The second kappa shape index (κ2) is 12.6. The number of rotatable bonds is 8. The summed E-state index contributed by atoms with van der Waals surface area (Å²) in [6.45, 7) is 2.69. The van der Waals surface area contributed by atoms with Crippen molar-refractivity contribution in [2.45, 2.75) is 37.7 Å². The number of nitrogens with one attached hydrogen (secondary N) is 1. The molecular formula is C28H25ClF3N3O3S. The Morgan fingerprint density at radius 2 is 1.85 bits per heavy atom. The first-order chi connectivity index (χ1) is 18.6. The minimum Gasteiger partial charge on any atom is -0.494 e. The first kappa shape index (κ1) is 28.5. The summed E-state index contributed by atoms with van der Waals surface area (Å²) in [6.07, 6.45) is -3.79. The molecular weight excluding hydrogens is 551 g/mol. The molecule has 204 valence electrons. The van der Waals surface area contributed by atoms with Crippen molar-refractivity contribution >= 4 is 51.7 Å². The van der Waals surface area contributed by atoms with Crippen LogP contribution in [0.2, 0.25) is 5.02 Å². The van der Waals surface area contributed by atoms with Gasteiger partial charge in [-0.3, -0.25) is 14.5 Å². The number of amidine groups is 1. The van der Waals surface area contributed by atoms with Gasteiger partial charge in [0, 0.05) is 17.1 Å². The van der Waals surface area contributed by atoms with Gasteiger partial charge in [-0.1, -0.05) is 48.5 Å². The van der Waals surface area contributed by atoms with Crippen molar-refractivity contribution in [3.8, 4) is 5.75 Å². The lowest BCUT2D eigenvalue weighted by molar-refractivity contribution is -0.137. The lowest BCUT2D eigenvalue weighted by atomic mass is 10.2. The van der Waals surface area contributed by atoms with E-state index >= 15 is 0 Å². The van der Waals surface area contributed by atoms with Gasteiger partial charge in [0.15, 0.2) is 5.17 Å². The van der Waals surface area contributed by atoms with Crippen LogP contribution in [0.5, 0.6) is 5.75 Å². The second-order valence-corrected chi connectivity index (χ2v) is 10.3. The van der Waals surface area contributed by atoms with Gasteiger partial charge in [0.2, 0.25) is 11.8 Å². The van der Waals surface area contributed by atoms with Crippen molar-refractivity contribution in [2.24, 2.45) is 4.99 Å². The van der Waals surface area contributed by atoms with Crippen LogP contribution in [-0.2, 0) is 22.3 Å². The molecule has 1 atom stereocenters. The number of alkyl halides is 3. The molecule has 4 rings (SSSR count). The zero-order valence-electron chi connectivity index (χ0n) is 20.9. The summed E-state index contributed by atoms with van der Waals surface area (Å²) in [5.41, 5.74) is 0.432. The molecule has 0 bridgehead atoms. The molecule has 2 amide bonds. The number of amides is 2. The average Bonchev–Trinajstić information content (AvgIpc) is 2.91. The number of halogens is 4. The van der Waals surface area contributed by atoms with Gasteiger partial charge in [-0.25, -0.2) is 4.99 Å². The zero-order valence-corrected chi connectivity index (χ0v) is 22.4. The third kappa shape index (κ3) is 7.77. The summed E-state index contributed by atoms with van der Waals surface area (Å²) in [5.74, 6) is -0.123. The standard InChI is InChI=1S/C28H25ClF3N3O3S/c1-2-14-38-23-12-10-21(11-13-23)33-26(37)24-16-25(36)35(17-18-6-8-20(29)9-7-18)27(39-24)34-22-5-3-4-19(15-22)28(30,31)32/h3-13,15,24H,2,14,16-17H2,1H3,(H,33,37). The van der Waals surface area contributed by atoms with Gasteiger partial charge in [0.05, 0.1) is 24.4 Å². The first-order valence-corrected chi connectivity index (χ1v) is 13.4. The van der Waals surface area contributed by atoms with E-state index in [0.29, 0.717) is 23.1 Å². The monoisotopic (exact) mass is 575 g/mol. The summed E-state index contributed by atoms with van der Waals surface area (Å²) >= 11 is 7.00. The molecule has 1 heterocycles. The van der Waals surface area contributed by atoms with E-state index in [0.717, 1.165) is 35.9 Å². The highest BCUT2D eigenvalue weighted by molar-refractivity contribution is 8.15. The maximum atomic E-state index is 13.3. The summed E-state index contributed by atoms with van der Waals surface area (Å²) in [6, 6.07) is 18.2. The fraction of sp³-hybridized carbons (Fsp3) is 0.250. The van der Waals surface area contributed by atoms with Gasteiger partial charge in [-0.05, 0) is 66.6 Å². The van der Waals surface area contributed by atoms with Crippen LogP contribution in [-0.4, -0.2) is 33.7 Å². The summed E-state index contributed by atoms with van der Waals surface area (Å²) in [7, 11) is 0. The number of nitrogens with zero attached hydrogens (tertiary/aromatic N) is 2. The molecule has 3 aromatic carbocycles. The van der Waals surface area contributed by atoms with Crippen molar-refractivity contribution in [1.82, 2.24) is 4.90 Å². The van der Waals surface area contributed by atoms with Gasteiger partial charge in [-0.15, -0.1) is 0 Å². The number of anilines is 1. The number of ether oxygens (including phenoxy) is 1. The minimum atomic E-state index is -4.55. The quantitative estimate of drug-likeness (QED) is 0.306. The van der Waals surface area contributed by atoms with Gasteiger partial charge in [-0.2, -0.15) is 13.2 Å². The third-order valence-electron chi connectivity index (χ3n) is 5.68. The van der Waals surface area contributed by atoms with Crippen LogP contribution < -0.4 is 10.1 Å². The molecule has 6 nitrogen and oxygen atoms in total. The van der Waals surface area contributed by atoms with E-state index in [4.69, 9.17) is 16.3 Å². The molecule has 1 unspecified atom stereocenters. The Balaban J connectivity index is 1.58. The van der Waals surface area contributed by atoms with Crippen LogP contribution >= 0.6 is 23.4 Å². The third-order valence-corrected chi connectivity index (χ3v) is 7.12. The predicted octanol–water partition coefficient (Wildman–Crippen LogP) is 7.31. The average molecular weight is 576 g/mol. The van der Waals surface area contributed by atoms with E-state index in [-0.39, 0.29) is 29.7 Å². The maximum absolute atomic E-state index is 13.3. The second-order valence-electron chi connectivity index (χ2n) is 8.72. The Kier molecular flexibility index (Phi) is 9.19. The molecule has 11 heteroatoms. The smallest absolute Gasteiger partial charge is 0.416 e. The Hall–Kier alpha value is -3.50. The zero-order chi connectivity index (χ0) is 28.0. The van der Waals surface area contributed by atoms with Crippen LogP contribution in [0.3, 0.4) is 0 Å².